The summed E-state index contributed by atoms with van der Waals surface area (Å²) in [6, 6.07) is 0. The van der Waals surface area contributed by atoms with Crippen LogP contribution >= 0.6 is 0 Å². The predicted molar refractivity (Wildman–Crippen MR) is 21.1 cm³/mol. The molecule has 0 amide bonds. The second kappa shape index (κ2) is 9.53. The third kappa shape index (κ3) is 8.98. The summed E-state index contributed by atoms with van der Waals surface area (Å²) in [5, 5.41) is 7.94. The van der Waals surface area contributed by atoms with Gasteiger partial charge in [0.2, 0.25) is 0 Å². The van der Waals surface area contributed by atoms with Crippen molar-refractivity contribution in [3.8, 4) is 0 Å². The molecular weight excluding hydrogens is 223 g/mol. The first kappa shape index (κ1) is 10.3. The van der Waals surface area contributed by atoms with Gasteiger partial charge >= 0.3 is 0 Å². The molecule has 0 aliphatic rings. The maximum Gasteiger partial charge on any atom is 0 e. The fraction of sp³-hybridized carbons (Fsp3) is 0.750. The fourth-order valence-corrected chi connectivity index (χ4v) is 0.129. The van der Waals surface area contributed by atoms with Crippen LogP contribution in [-0.2, 0) is 0 Å². The van der Waals surface area contributed by atoms with Gasteiger partial charge < -0.3 is 5.11 Å². The van der Waals surface area contributed by atoms with Crippen LogP contribution in [0.1, 0.15) is 19.8 Å². The number of aliphatic hydroxyl groups is 1. The minimum absolute atomic E-state index is 0. The van der Waals surface area contributed by atoms with Crippen LogP contribution in [0.25, 0.3) is 0 Å². The molecule has 0 aliphatic carbocycles. The van der Waals surface area contributed by atoms with E-state index in [0.29, 0.717) is 0 Å². The van der Waals surface area contributed by atoms with Crippen LogP contribution in [0.4, 0.5) is 0 Å². The Balaban J connectivity index is 0. The number of rotatable bonds is 2. The normalized spacial score (nSPS) is 7.00. The van der Waals surface area contributed by atoms with Gasteiger partial charge in [-0.2, -0.15) is 6.42 Å². The first-order valence-electron chi connectivity index (χ1n) is 1.87. The molecule has 6 heavy (non-hydrogen) atoms. The van der Waals surface area contributed by atoms with Crippen molar-refractivity contribution in [2.75, 3.05) is 0 Å². The molecule has 2 heteroatoms. The molecule has 1 nitrogen and oxygen atoms in total. The van der Waals surface area contributed by atoms with Crippen LogP contribution in [0.2, 0.25) is 0 Å². The minimum atomic E-state index is 0. The van der Waals surface area contributed by atoms with E-state index in [2.05, 4.69) is 0 Å². The molecule has 0 fully saturated rings. The Kier molecular flexibility index (Phi) is 16.3. The molecule has 41 valence electrons. The molecule has 0 aliphatic heterocycles. The SMILES string of the molecule is CCC[CH-]O.[Tb]. The van der Waals surface area contributed by atoms with Gasteiger partial charge in [-0.3, -0.25) is 0 Å². The van der Waals surface area contributed by atoms with Gasteiger partial charge in [-0.25, -0.2) is 6.61 Å². The van der Waals surface area contributed by atoms with E-state index in [1.807, 2.05) is 6.92 Å². The Morgan fingerprint density at radius 1 is 1.67 bits per heavy atom. The van der Waals surface area contributed by atoms with E-state index in [9.17, 15) is 0 Å². The average Bonchev–Trinajstić information content (AvgIpc) is 1.41. The van der Waals surface area contributed by atoms with Gasteiger partial charge in [0.05, 0.1) is 0 Å². The number of unbranched alkanes of at least 4 members (excludes halogenated alkanes) is 1. The van der Waals surface area contributed by atoms with Crippen LogP contribution in [-0.4, -0.2) is 5.11 Å². The second-order valence-electron chi connectivity index (χ2n) is 0.971. The summed E-state index contributed by atoms with van der Waals surface area (Å²) in [5.74, 6) is 0. The van der Waals surface area contributed by atoms with Crippen molar-refractivity contribution in [3.63, 3.8) is 0 Å². The van der Waals surface area contributed by atoms with E-state index in [4.69, 9.17) is 5.11 Å². The van der Waals surface area contributed by atoms with Crippen molar-refractivity contribution in [3.05, 3.63) is 6.61 Å². The molecule has 0 unspecified atom stereocenters. The molecule has 1 N–H and O–H groups in total. The largest absolute Gasteiger partial charge is 0.566 e. The topological polar surface area (TPSA) is 20.2 Å². The van der Waals surface area contributed by atoms with E-state index in [1.165, 1.54) is 6.61 Å². The summed E-state index contributed by atoms with van der Waals surface area (Å²) in [7, 11) is 0. The third-order valence-electron chi connectivity index (χ3n) is 0.418. The van der Waals surface area contributed by atoms with Gasteiger partial charge in [0.1, 0.15) is 0 Å². The Labute approximate surface area is 69.6 Å². The quantitative estimate of drug-likeness (QED) is 0.712. The maximum absolute atomic E-state index is 7.94. The summed E-state index contributed by atoms with van der Waals surface area (Å²) in [6.45, 7) is 3.20. The molecule has 0 saturated heterocycles. The Morgan fingerprint density at radius 2 is 2.17 bits per heavy atom. The maximum atomic E-state index is 7.94. The van der Waals surface area contributed by atoms with Crippen molar-refractivity contribution < 1.29 is 43.7 Å². The van der Waals surface area contributed by atoms with Crippen molar-refractivity contribution in [2.45, 2.75) is 19.8 Å². The molecule has 0 aromatic heterocycles. The zero-order valence-corrected chi connectivity index (χ0v) is 5.91. The fourth-order valence-electron chi connectivity index (χ4n) is 0.129. The monoisotopic (exact) mass is 232 g/mol. The standard InChI is InChI=1S/C4H9O.Tb/c1-2-3-4-5;/h4-5H,2-3H2,1H3;/q-1;. The van der Waals surface area contributed by atoms with Crippen molar-refractivity contribution in [1.82, 2.24) is 0 Å². The summed E-state index contributed by atoms with van der Waals surface area (Å²) >= 11 is 0. The molecule has 0 bridgehead atoms. The smallest absolute Gasteiger partial charge is 0 e. The molecule has 0 aromatic rings. The number of hydrogen-bond donors (Lipinski definition) is 1. The number of aliphatic hydroxyl groups excluding tert-OH is 1. The summed E-state index contributed by atoms with van der Waals surface area (Å²) in [4.78, 5) is 0. The zero-order chi connectivity index (χ0) is 4.12. The first-order chi connectivity index (χ1) is 2.41. The second-order valence-corrected chi connectivity index (χ2v) is 0.971. The van der Waals surface area contributed by atoms with E-state index in [1.54, 1.807) is 0 Å². The van der Waals surface area contributed by atoms with Crippen molar-refractivity contribution >= 4 is 0 Å². The molecule has 0 spiro atoms. The molecule has 0 saturated carbocycles. The Morgan fingerprint density at radius 3 is 2.17 bits per heavy atom. The van der Waals surface area contributed by atoms with Gasteiger partial charge in [-0.15, -0.1) is 0 Å². The zero-order valence-electron chi connectivity index (χ0n) is 3.77. The van der Waals surface area contributed by atoms with E-state index < -0.39 is 0 Å². The summed E-state index contributed by atoms with van der Waals surface area (Å²) in [5.41, 5.74) is 0. The van der Waals surface area contributed by atoms with Gasteiger partial charge in [0.25, 0.3) is 0 Å². The van der Waals surface area contributed by atoms with Gasteiger partial charge in [0, 0.05) is 38.6 Å². The van der Waals surface area contributed by atoms with Gasteiger partial charge in [0.15, 0.2) is 0 Å². The van der Waals surface area contributed by atoms with Crippen LogP contribution in [0.3, 0.4) is 0 Å². The van der Waals surface area contributed by atoms with E-state index in [0.717, 1.165) is 12.8 Å². The molecule has 0 atom stereocenters. The van der Waals surface area contributed by atoms with E-state index >= 15 is 0 Å². The van der Waals surface area contributed by atoms with Crippen LogP contribution in [0, 0.1) is 45.2 Å². The first-order valence-corrected chi connectivity index (χ1v) is 1.87. The molecule has 0 aromatic carbocycles. The molecular formula is C4H9OTb-. The molecule has 0 rings (SSSR count). The third-order valence-corrected chi connectivity index (χ3v) is 0.418. The number of hydrogen-bond acceptors (Lipinski definition) is 1. The molecule has 1 radical (unpaired) electrons. The predicted octanol–water partition coefficient (Wildman–Crippen LogP) is 1.32. The molecule has 0 heterocycles. The van der Waals surface area contributed by atoms with Gasteiger partial charge in [-0.05, 0) is 0 Å². The summed E-state index contributed by atoms with van der Waals surface area (Å²) in [6.07, 6.45) is 1.86. The average molecular weight is 232 g/mol. The van der Waals surface area contributed by atoms with Crippen LogP contribution in [0.15, 0.2) is 0 Å². The van der Waals surface area contributed by atoms with Crippen molar-refractivity contribution in [2.24, 2.45) is 0 Å². The Hall–Kier alpha value is 1.25. The van der Waals surface area contributed by atoms with E-state index in [-0.39, 0.29) is 38.6 Å². The van der Waals surface area contributed by atoms with Gasteiger partial charge in [-0.1, -0.05) is 13.3 Å². The van der Waals surface area contributed by atoms with Crippen LogP contribution in [0.5, 0.6) is 0 Å². The van der Waals surface area contributed by atoms with Crippen molar-refractivity contribution in [1.29, 1.82) is 0 Å². The summed E-state index contributed by atoms with van der Waals surface area (Å²) < 4.78 is 0. The Bertz CT molecular complexity index is 15.0. The van der Waals surface area contributed by atoms with Crippen LogP contribution < -0.4 is 0 Å². The minimum Gasteiger partial charge on any atom is -0.566 e.